The molecule has 21 heavy (non-hydrogen) atoms. The third-order valence-electron chi connectivity index (χ3n) is 3.63. The van der Waals surface area contributed by atoms with E-state index in [9.17, 15) is 0 Å². The average Bonchev–Trinajstić information content (AvgIpc) is 3.19. The molecule has 4 aromatic rings. The van der Waals surface area contributed by atoms with Crippen molar-refractivity contribution in [2.24, 2.45) is 0 Å². The van der Waals surface area contributed by atoms with E-state index in [1.807, 2.05) is 10.8 Å². The second-order valence-electron chi connectivity index (χ2n) is 5.07. The van der Waals surface area contributed by atoms with Gasteiger partial charge < -0.3 is 9.55 Å². The van der Waals surface area contributed by atoms with Crippen molar-refractivity contribution in [2.75, 3.05) is 0 Å². The molecule has 0 radical (unpaired) electrons. The largest absolute Gasteiger partial charge is 0.345 e. The van der Waals surface area contributed by atoms with E-state index in [0.29, 0.717) is 0 Å². The van der Waals surface area contributed by atoms with Gasteiger partial charge in [-0.3, -0.25) is 0 Å². The minimum Gasteiger partial charge on any atom is -0.345 e. The van der Waals surface area contributed by atoms with Crippen LogP contribution in [0, 0.1) is 0 Å². The summed E-state index contributed by atoms with van der Waals surface area (Å²) in [6.07, 6.45) is 8.18. The summed E-state index contributed by atoms with van der Waals surface area (Å²) in [5, 5.41) is 0. The first kappa shape index (κ1) is 11.9. The van der Waals surface area contributed by atoms with Gasteiger partial charge in [0.1, 0.15) is 0 Å². The van der Waals surface area contributed by atoms with Gasteiger partial charge in [0, 0.05) is 18.1 Å². The molecule has 2 aromatic carbocycles. The predicted molar refractivity (Wildman–Crippen MR) is 82.5 cm³/mol. The van der Waals surface area contributed by atoms with Crippen LogP contribution < -0.4 is 0 Å². The molecule has 0 saturated carbocycles. The molecule has 2 aromatic heterocycles. The molecule has 0 saturated heterocycles. The maximum absolute atomic E-state index is 4.24. The fourth-order valence-corrected chi connectivity index (χ4v) is 2.53. The molecular weight excluding hydrogens is 260 g/mol. The quantitative estimate of drug-likeness (QED) is 0.623. The van der Waals surface area contributed by atoms with Gasteiger partial charge in [-0.15, -0.1) is 0 Å². The van der Waals surface area contributed by atoms with Crippen LogP contribution >= 0.6 is 0 Å². The van der Waals surface area contributed by atoms with Gasteiger partial charge in [0.15, 0.2) is 0 Å². The Morgan fingerprint density at radius 3 is 2.67 bits per heavy atom. The molecule has 4 rings (SSSR count). The van der Waals surface area contributed by atoms with Gasteiger partial charge >= 0.3 is 0 Å². The van der Waals surface area contributed by atoms with E-state index in [4.69, 9.17) is 0 Å². The molecule has 0 unspecified atom stereocenters. The van der Waals surface area contributed by atoms with Crippen molar-refractivity contribution in [3.63, 3.8) is 0 Å². The Hall–Kier alpha value is -2.88. The summed E-state index contributed by atoms with van der Waals surface area (Å²) in [4.78, 5) is 11.5. The molecule has 0 atom stereocenters. The van der Waals surface area contributed by atoms with Crippen molar-refractivity contribution in [3.8, 4) is 5.69 Å². The fourth-order valence-electron chi connectivity index (χ4n) is 2.53. The Balaban J connectivity index is 1.59. The SMILES string of the molecule is c1cn(-c2ccc(Cc3ccc4nc[nH]c4c3)cc2)cn1. The van der Waals surface area contributed by atoms with Gasteiger partial charge in [-0.05, 0) is 41.8 Å². The number of nitrogens with one attached hydrogen (secondary N) is 1. The molecule has 0 aliphatic heterocycles. The highest BCUT2D eigenvalue weighted by Gasteiger charge is 2.01. The Kier molecular flexibility index (Phi) is 2.78. The van der Waals surface area contributed by atoms with Gasteiger partial charge in [0.25, 0.3) is 0 Å². The number of aromatic amines is 1. The highest BCUT2D eigenvalue weighted by atomic mass is 15.0. The topological polar surface area (TPSA) is 46.5 Å². The summed E-state index contributed by atoms with van der Waals surface area (Å²) in [7, 11) is 0. The van der Waals surface area contributed by atoms with E-state index in [1.54, 1.807) is 18.9 Å². The Bertz CT molecular complexity index is 857. The lowest BCUT2D eigenvalue weighted by molar-refractivity contribution is 1.05. The van der Waals surface area contributed by atoms with Crippen LogP contribution in [0.1, 0.15) is 11.1 Å². The molecule has 102 valence electrons. The molecule has 0 fully saturated rings. The first-order valence-electron chi connectivity index (χ1n) is 6.88. The Morgan fingerprint density at radius 2 is 1.86 bits per heavy atom. The van der Waals surface area contributed by atoms with Crippen LogP contribution in [0.5, 0.6) is 0 Å². The molecule has 0 amide bonds. The number of fused-ring (bicyclic) bond motifs is 1. The number of hydrogen-bond acceptors (Lipinski definition) is 2. The van der Waals surface area contributed by atoms with Crippen molar-refractivity contribution in [1.29, 1.82) is 0 Å². The first-order valence-corrected chi connectivity index (χ1v) is 6.88. The van der Waals surface area contributed by atoms with Crippen LogP contribution in [0.25, 0.3) is 16.7 Å². The Labute approximate surface area is 122 Å². The minimum absolute atomic E-state index is 0.916. The van der Waals surface area contributed by atoms with E-state index in [0.717, 1.165) is 23.1 Å². The molecule has 0 aliphatic carbocycles. The second-order valence-corrected chi connectivity index (χ2v) is 5.07. The van der Waals surface area contributed by atoms with E-state index in [1.165, 1.54) is 11.1 Å². The second kappa shape index (κ2) is 4.90. The maximum atomic E-state index is 4.24. The summed E-state index contributed by atoms with van der Waals surface area (Å²) in [6.45, 7) is 0. The van der Waals surface area contributed by atoms with Crippen molar-refractivity contribution >= 4 is 11.0 Å². The number of nitrogens with zero attached hydrogens (tertiary/aromatic N) is 3. The number of aromatic nitrogens is 4. The summed E-state index contributed by atoms with van der Waals surface area (Å²) in [5.74, 6) is 0. The predicted octanol–water partition coefficient (Wildman–Crippen LogP) is 3.34. The van der Waals surface area contributed by atoms with Crippen LogP contribution in [0.2, 0.25) is 0 Å². The number of rotatable bonds is 3. The summed E-state index contributed by atoms with van der Waals surface area (Å²) < 4.78 is 2.00. The van der Waals surface area contributed by atoms with Crippen LogP contribution in [-0.4, -0.2) is 19.5 Å². The van der Waals surface area contributed by atoms with Gasteiger partial charge in [-0.2, -0.15) is 0 Å². The zero-order valence-corrected chi connectivity index (χ0v) is 11.4. The molecule has 4 nitrogen and oxygen atoms in total. The van der Waals surface area contributed by atoms with Gasteiger partial charge in [-0.1, -0.05) is 18.2 Å². The van der Waals surface area contributed by atoms with E-state index in [-0.39, 0.29) is 0 Å². The number of benzene rings is 2. The van der Waals surface area contributed by atoms with Crippen molar-refractivity contribution in [2.45, 2.75) is 6.42 Å². The monoisotopic (exact) mass is 274 g/mol. The lowest BCUT2D eigenvalue weighted by Gasteiger charge is -2.05. The highest BCUT2D eigenvalue weighted by Crippen LogP contribution is 2.16. The minimum atomic E-state index is 0.916. The summed E-state index contributed by atoms with van der Waals surface area (Å²) >= 11 is 0. The number of H-pyrrole nitrogens is 1. The van der Waals surface area contributed by atoms with Crippen LogP contribution in [0.3, 0.4) is 0 Å². The zero-order chi connectivity index (χ0) is 14.1. The smallest absolute Gasteiger partial charge is 0.0991 e. The van der Waals surface area contributed by atoms with E-state index < -0.39 is 0 Å². The van der Waals surface area contributed by atoms with Crippen LogP contribution in [0.15, 0.2) is 67.5 Å². The molecular formula is C17H14N4. The van der Waals surface area contributed by atoms with Crippen molar-refractivity contribution in [3.05, 3.63) is 78.6 Å². The lowest BCUT2D eigenvalue weighted by Crippen LogP contribution is -1.92. The molecule has 0 aliphatic rings. The van der Waals surface area contributed by atoms with Gasteiger partial charge in [0.05, 0.1) is 23.7 Å². The molecule has 0 spiro atoms. The third kappa shape index (κ3) is 2.31. The third-order valence-corrected chi connectivity index (χ3v) is 3.63. The zero-order valence-electron chi connectivity index (χ0n) is 11.4. The summed E-state index contributed by atoms with van der Waals surface area (Å²) in [5.41, 5.74) is 5.79. The Morgan fingerprint density at radius 1 is 1.00 bits per heavy atom. The van der Waals surface area contributed by atoms with Crippen molar-refractivity contribution in [1.82, 2.24) is 19.5 Å². The normalized spacial score (nSPS) is 11.0. The van der Waals surface area contributed by atoms with Crippen molar-refractivity contribution < 1.29 is 0 Å². The highest BCUT2D eigenvalue weighted by molar-refractivity contribution is 5.75. The number of hydrogen-bond donors (Lipinski definition) is 1. The molecule has 2 heterocycles. The van der Waals surface area contributed by atoms with Crippen LogP contribution in [0.4, 0.5) is 0 Å². The van der Waals surface area contributed by atoms with E-state index >= 15 is 0 Å². The van der Waals surface area contributed by atoms with Gasteiger partial charge in [-0.25, -0.2) is 9.97 Å². The van der Waals surface area contributed by atoms with Crippen LogP contribution in [-0.2, 0) is 6.42 Å². The lowest BCUT2D eigenvalue weighted by atomic mass is 10.0. The average molecular weight is 274 g/mol. The van der Waals surface area contributed by atoms with Gasteiger partial charge in [0.2, 0.25) is 0 Å². The first-order chi connectivity index (χ1) is 10.4. The fraction of sp³-hybridized carbons (Fsp3) is 0.0588. The maximum Gasteiger partial charge on any atom is 0.0991 e. The standard InChI is InChI=1S/C17H14N4/c1-4-15(21-8-7-18-12-21)5-2-13(1)9-14-3-6-16-17(10-14)20-11-19-16/h1-8,10-12H,9H2,(H,19,20). The molecule has 1 N–H and O–H groups in total. The molecule has 0 bridgehead atoms. The molecule has 4 heteroatoms. The summed E-state index contributed by atoms with van der Waals surface area (Å²) in [6, 6.07) is 14.9. The number of imidazole rings is 2. The van der Waals surface area contributed by atoms with E-state index in [2.05, 4.69) is 57.4 Å².